The fraction of sp³-hybridized carbons (Fsp3) is 0.474. The van der Waals surface area contributed by atoms with Crippen molar-refractivity contribution >= 4 is 17.2 Å². The summed E-state index contributed by atoms with van der Waals surface area (Å²) in [6.45, 7) is 8.39. The second-order valence-electron chi connectivity index (χ2n) is 6.35. The minimum Gasteiger partial charge on any atom is -0.484 e. The Bertz CT molecular complexity index is 708. The first-order valence-corrected chi connectivity index (χ1v) is 9.65. The summed E-state index contributed by atoms with van der Waals surface area (Å²) in [5.74, 6) is 0.810. The number of aromatic nitrogens is 1. The lowest BCUT2D eigenvalue weighted by Gasteiger charge is -2.34. The van der Waals surface area contributed by atoms with Crippen LogP contribution in [-0.2, 0) is 17.8 Å². The molecule has 0 aliphatic carbocycles. The molecule has 1 aromatic heterocycles. The number of benzene rings is 1. The molecule has 2 heterocycles. The van der Waals surface area contributed by atoms with E-state index in [4.69, 9.17) is 4.74 Å². The molecule has 0 radical (unpaired) electrons. The Hall–Kier alpha value is -1.92. The van der Waals surface area contributed by atoms with Crippen LogP contribution in [0.1, 0.15) is 23.2 Å². The van der Waals surface area contributed by atoms with Gasteiger partial charge < -0.3 is 9.64 Å². The van der Waals surface area contributed by atoms with Gasteiger partial charge in [-0.3, -0.25) is 9.69 Å². The SMILES string of the molecule is CCc1nc(CN2CCN(C(=O)COc3cccc(C)c3)CC2)cs1. The van der Waals surface area contributed by atoms with E-state index < -0.39 is 0 Å². The van der Waals surface area contributed by atoms with E-state index in [1.165, 1.54) is 5.01 Å². The summed E-state index contributed by atoms with van der Waals surface area (Å²) in [4.78, 5) is 21.2. The van der Waals surface area contributed by atoms with Crippen molar-refractivity contribution in [2.24, 2.45) is 0 Å². The number of nitrogens with zero attached hydrogens (tertiary/aromatic N) is 3. The van der Waals surface area contributed by atoms with Crippen LogP contribution in [0.15, 0.2) is 29.6 Å². The highest BCUT2D eigenvalue weighted by Gasteiger charge is 2.22. The van der Waals surface area contributed by atoms with E-state index >= 15 is 0 Å². The predicted octanol–water partition coefficient (Wildman–Crippen LogP) is 2.74. The Kier molecular flexibility index (Phi) is 6.04. The minimum absolute atomic E-state index is 0.0584. The average molecular weight is 359 g/mol. The van der Waals surface area contributed by atoms with Gasteiger partial charge in [-0.05, 0) is 31.0 Å². The molecule has 0 bridgehead atoms. The number of amides is 1. The molecule has 0 atom stereocenters. The van der Waals surface area contributed by atoms with Crippen LogP contribution in [0, 0.1) is 6.92 Å². The number of carbonyl (C=O) groups is 1. The van der Waals surface area contributed by atoms with Crippen LogP contribution >= 0.6 is 11.3 Å². The zero-order valence-electron chi connectivity index (χ0n) is 14.9. The molecule has 1 saturated heterocycles. The number of hydrogen-bond donors (Lipinski definition) is 0. The van der Waals surface area contributed by atoms with Gasteiger partial charge in [-0.1, -0.05) is 19.1 Å². The molecule has 1 amide bonds. The van der Waals surface area contributed by atoms with Crippen molar-refractivity contribution in [3.8, 4) is 5.75 Å². The number of hydrogen-bond acceptors (Lipinski definition) is 5. The monoisotopic (exact) mass is 359 g/mol. The normalized spacial score (nSPS) is 15.4. The average Bonchev–Trinajstić information content (AvgIpc) is 3.08. The fourth-order valence-electron chi connectivity index (χ4n) is 2.91. The summed E-state index contributed by atoms with van der Waals surface area (Å²) < 4.78 is 5.63. The van der Waals surface area contributed by atoms with E-state index in [2.05, 4.69) is 22.2 Å². The zero-order valence-corrected chi connectivity index (χ0v) is 15.7. The van der Waals surface area contributed by atoms with Gasteiger partial charge in [-0.15, -0.1) is 11.3 Å². The number of carbonyl (C=O) groups excluding carboxylic acids is 1. The third-order valence-electron chi connectivity index (χ3n) is 4.36. The third-order valence-corrected chi connectivity index (χ3v) is 5.41. The lowest BCUT2D eigenvalue weighted by molar-refractivity contribution is -0.135. The van der Waals surface area contributed by atoms with Crippen molar-refractivity contribution in [2.45, 2.75) is 26.8 Å². The van der Waals surface area contributed by atoms with E-state index in [9.17, 15) is 4.79 Å². The van der Waals surface area contributed by atoms with Gasteiger partial charge in [0.15, 0.2) is 6.61 Å². The molecule has 134 valence electrons. The van der Waals surface area contributed by atoms with Crippen molar-refractivity contribution in [3.63, 3.8) is 0 Å². The van der Waals surface area contributed by atoms with Crippen LogP contribution in [0.2, 0.25) is 0 Å². The first-order valence-electron chi connectivity index (χ1n) is 8.77. The van der Waals surface area contributed by atoms with Gasteiger partial charge in [0.1, 0.15) is 5.75 Å². The maximum Gasteiger partial charge on any atom is 0.260 e. The highest BCUT2D eigenvalue weighted by molar-refractivity contribution is 7.09. The van der Waals surface area contributed by atoms with E-state index in [1.807, 2.05) is 36.1 Å². The third kappa shape index (κ3) is 5.03. The van der Waals surface area contributed by atoms with Crippen molar-refractivity contribution < 1.29 is 9.53 Å². The standard InChI is InChI=1S/C19H25N3O2S/c1-3-18-20-16(14-25-18)12-21-7-9-22(10-8-21)19(23)13-24-17-6-4-5-15(2)11-17/h4-6,11,14H,3,7-10,12-13H2,1-2H3. The number of ether oxygens (including phenoxy) is 1. The maximum atomic E-state index is 12.3. The Morgan fingerprint density at radius 2 is 2.08 bits per heavy atom. The molecule has 1 fully saturated rings. The molecule has 2 aromatic rings. The van der Waals surface area contributed by atoms with Gasteiger partial charge in [-0.25, -0.2) is 4.98 Å². The van der Waals surface area contributed by atoms with Crippen LogP contribution in [0.4, 0.5) is 0 Å². The molecule has 1 aliphatic rings. The fourth-order valence-corrected chi connectivity index (χ4v) is 3.65. The van der Waals surface area contributed by atoms with Crippen molar-refractivity contribution in [1.82, 2.24) is 14.8 Å². The van der Waals surface area contributed by atoms with Crippen molar-refractivity contribution in [1.29, 1.82) is 0 Å². The molecule has 25 heavy (non-hydrogen) atoms. The second-order valence-corrected chi connectivity index (χ2v) is 7.29. The smallest absolute Gasteiger partial charge is 0.260 e. The van der Waals surface area contributed by atoms with Crippen LogP contribution in [0.5, 0.6) is 5.75 Å². The summed E-state index contributed by atoms with van der Waals surface area (Å²) in [5.41, 5.74) is 2.27. The summed E-state index contributed by atoms with van der Waals surface area (Å²) in [7, 11) is 0. The quantitative estimate of drug-likeness (QED) is 0.796. The predicted molar refractivity (Wildman–Crippen MR) is 100 cm³/mol. The molecule has 0 spiro atoms. The molecule has 3 rings (SSSR count). The number of thiazole rings is 1. The Balaban J connectivity index is 1.42. The van der Waals surface area contributed by atoms with Gasteiger partial charge in [0.25, 0.3) is 5.91 Å². The Morgan fingerprint density at radius 3 is 2.76 bits per heavy atom. The molecule has 1 aromatic carbocycles. The molecule has 0 unspecified atom stereocenters. The summed E-state index contributed by atoms with van der Waals surface area (Å²) in [5, 5.41) is 3.34. The minimum atomic E-state index is 0.0584. The largest absolute Gasteiger partial charge is 0.484 e. The number of piperazine rings is 1. The molecule has 6 heteroatoms. The van der Waals surface area contributed by atoms with Crippen LogP contribution in [0.25, 0.3) is 0 Å². The van der Waals surface area contributed by atoms with E-state index in [0.29, 0.717) is 0 Å². The highest BCUT2D eigenvalue weighted by atomic mass is 32.1. The topological polar surface area (TPSA) is 45.7 Å². The van der Waals surface area contributed by atoms with Crippen LogP contribution < -0.4 is 4.74 Å². The first kappa shape index (κ1) is 17.9. The molecular formula is C19H25N3O2S. The van der Waals surface area contributed by atoms with Crippen LogP contribution in [-0.4, -0.2) is 53.5 Å². The highest BCUT2D eigenvalue weighted by Crippen LogP contribution is 2.15. The summed E-state index contributed by atoms with van der Waals surface area (Å²) in [6, 6.07) is 7.79. The van der Waals surface area contributed by atoms with Gasteiger partial charge in [0.05, 0.1) is 10.7 Å². The van der Waals surface area contributed by atoms with Gasteiger partial charge >= 0.3 is 0 Å². The van der Waals surface area contributed by atoms with Crippen molar-refractivity contribution in [3.05, 3.63) is 45.9 Å². The Labute approximate surface area is 153 Å². The van der Waals surface area contributed by atoms with Crippen LogP contribution in [0.3, 0.4) is 0 Å². The summed E-state index contributed by atoms with van der Waals surface area (Å²) >= 11 is 1.73. The van der Waals surface area contributed by atoms with E-state index in [1.54, 1.807) is 11.3 Å². The summed E-state index contributed by atoms with van der Waals surface area (Å²) in [6.07, 6.45) is 0.994. The maximum absolute atomic E-state index is 12.3. The van der Waals surface area contributed by atoms with Gasteiger partial charge in [0, 0.05) is 38.1 Å². The molecular weight excluding hydrogens is 334 g/mol. The lowest BCUT2D eigenvalue weighted by Crippen LogP contribution is -2.49. The lowest BCUT2D eigenvalue weighted by atomic mass is 10.2. The molecule has 1 aliphatic heterocycles. The molecule has 5 nitrogen and oxygen atoms in total. The first-order chi connectivity index (χ1) is 12.1. The van der Waals surface area contributed by atoms with Crippen molar-refractivity contribution in [2.75, 3.05) is 32.8 Å². The number of aryl methyl sites for hydroxylation is 2. The second kappa shape index (κ2) is 8.45. The molecule has 0 saturated carbocycles. The van der Waals surface area contributed by atoms with Gasteiger partial charge in [-0.2, -0.15) is 0 Å². The zero-order chi connectivity index (χ0) is 17.6. The van der Waals surface area contributed by atoms with E-state index in [0.717, 1.165) is 56.2 Å². The van der Waals surface area contributed by atoms with Gasteiger partial charge in [0.2, 0.25) is 0 Å². The number of rotatable bonds is 6. The van der Waals surface area contributed by atoms with E-state index in [-0.39, 0.29) is 12.5 Å². The molecule has 0 N–H and O–H groups in total. The Morgan fingerprint density at radius 1 is 1.28 bits per heavy atom.